The minimum atomic E-state index is 0. The maximum Gasteiger partial charge on any atom is 0.0192 e. The maximum absolute atomic E-state index is 5.65. The summed E-state index contributed by atoms with van der Waals surface area (Å²) in [6.45, 7) is 0. The minimum Gasteiger partial charge on any atom is -0.326 e. The van der Waals surface area contributed by atoms with Crippen LogP contribution in [0.15, 0.2) is 0 Å². The van der Waals surface area contributed by atoms with Gasteiger partial charge in [0.2, 0.25) is 0 Å². The van der Waals surface area contributed by atoms with Gasteiger partial charge in [0.05, 0.1) is 0 Å². The van der Waals surface area contributed by atoms with Crippen LogP contribution in [0.5, 0.6) is 0 Å². The fraction of sp³-hybridized carbons (Fsp3) is 1.00. The van der Waals surface area contributed by atoms with Gasteiger partial charge in [-0.2, -0.15) is 0 Å². The summed E-state index contributed by atoms with van der Waals surface area (Å²) in [7, 11) is 0. The number of hydrogen-bond acceptors (Lipinski definition) is 4. The molecule has 4 atom stereocenters. The van der Waals surface area contributed by atoms with Gasteiger partial charge < -0.3 is 22.9 Å². The second-order valence-electron chi connectivity index (χ2n) is 5.22. The van der Waals surface area contributed by atoms with Crippen molar-refractivity contribution in [3.63, 3.8) is 0 Å². The van der Waals surface area contributed by atoms with Crippen LogP contribution in [0.4, 0.5) is 0 Å². The average Bonchev–Trinajstić information content (AvgIpc) is 2.28. The van der Waals surface area contributed by atoms with Crippen LogP contribution in [-0.2, 0) is 16.5 Å². The van der Waals surface area contributed by atoms with E-state index in [1.54, 1.807) is 0 Å². The van der Waals surface area contributed by atoms with Crippen molar-refractivity contribution in [1.82, 2.24) is 0 Å². The van der Waals surface area contributed by atoms with Crippen molar-refractivity contribution in [1.29, 1.82) is 0 Å². The van der Waals surface area contributed by atoms with Gasteiger partial charge in [-0.1, -0.05) is 25.7 Å². The Hall–Kier alpha value is 0.334. The Kier molecular flexibility index (Phi) is 9.47. The summed E-state index contributed by atoms with van der Waals surface area (Å²) in [6, 6.07) is 1.12. The first-order chi connectivity index (χ1) is 7.61. The number of hydrogen-bond donors (Lipinski definition) is 4. The third-order valence-electron chi connectivity index (χ3n) is 3.75. The van der Waals surface area contributed by atoms with Gasteiger partial charge in [0.15, 0.2) is 0 Å². The molecule has 2 aliphatic carbocycles. The molecule has 2 saturated carbocycles. The first-order valence-corrected chi connectivity index (χ1v) is 6.63. The van der Waals surface area contributed by atoms with E-state index in [9.17, 15) is 0 Å². The Labute approximate surface area is 115 Å². The van der Waals surface area contributed by atoms with Crippen molar-refractivity contribution in [2.24, 2.45) is 22.9 Å². The van der Waals surface area contributed by atoms with Crippen LogP contribution in [0.25, 0.3) is 0 Å². The first-order valence-electron chi connectivity index (χ1n) is 6.63. The van der Waals surface area contributed by atoms with E-state index in [0.29, 0.717) is 0 Å². The maximum atomic E-state index is 5.65. The second-order valence-corrected chi connectivity index (χ2v) is 5.22. The van der Waals surface area contributed by atoms with E-state index < -0.39 is 0 Å². The van der Waals surface area contributed by atoms with Gasteiger partial charge in [0.25, 0.3) is 0 Å². The van der Waals surface area contributed by atoms with Crippen LogP contribution in [-0.4, -0.2) is 24.2 Å². The van der Waals surface area contributed by atoms with Gasteiger partial charge in [-0.3, -0.25) is 0 Å². The molecule has 2 fully saturated rings. The van der Waals surface area contributed by atoms with Gasteiger partial charge in [-0.15, -0.1) is 0 Å². The smallest absolute Gasteiger partial charge is 0.0192 e. The van der Waals surface area contributed by atoms with E-state index in [1.807, 2.05) is 0 Å². The van der Waals surface area contributed by atoms with E-state index in [-0.39, 0.29) is 40.7 Å². The Morgan fingerprint density at radius 2 is 0.647 bits per heavy atom. The molecule has 0 unspecified atom stereocenters. The largest absolute Gasteiger partial charge is 0.326 e. The van der Waals surface area contributed by atoms with Gasteiger partial charge in [0.1, 0.15) is 0 Å². The minimum absolute atomic E-state index is 0. The first kappa shape index (κ1) is 17.3. The van der Waals surface area contributed by atoms with Gasteiger partial charge >= 0.3 is 0 Å². The molecule has 2 aliphatic rings. The molecule has 5 heteroatoms. The molecule has 0 heterocycles. The molecule has 0 aromatic carbocycles. The van der Waals surface area contributed by atoms with E-state index >= 15 is 0 Å². The van der Waals surface area contributed by atoms with E-state index in [4.69, 9.17) is 22.9 Å². The summed E-state index contributed by atoms with van der Waals surface area (Å²) in [6.07, 6.45) is 9.60. The molecular formula is C12H28N4Ni. The zero-order valence-electron chi connectivity index (χ0n) is 10.6. The van der Waals surface area contributed by atoms with E-state index in [0.717, 1.165) is 25.7 Å². The molecule has 0 aromatic heterocycles. The van der Waals surface area contributed by atoms with Crippen LogP contribution in [0.1, 0.15) is 51.4 Å². The Bertz CT molecular complexity index is 151. The third-order valence-corrected chi connectivity index (χ3v) is 3.75. The van der Waals surface area contributed by atoms with Crippen LogP contribution in [0.3, 0.4) is 0 Å². The zero-order valence-corrected chi connectivity index (χ0v) is 11.6. The average molecular weight is 287 g/mol. The van der Waals surface area contributed by atoms with Gasteiger partial charge in [-0.25, -0.2) is 0 Å². The fourth-order valence-electron chi connectivity index (χ4n) is 2.38. The molecule has 2 rings (SSSR count). The zero-order chi connectivity index (χ0) is 12.0. The molecular weight excluding hydrogens is 259 g/mol. The van der Waals surface area contributed by atoms with Crippen LogP contribution in [0, 0.1) is 0 Å². The SMILES string of the molecule is N[C@@H]1CCCC[C@@H]1N.N[C@@H]1CCCC[C@@H]1N.[Ni]. The topological polar surface area (TPSA) is 104 Å². The third kappa shape index (κ3) is 6.73. The number of rotatable bonds is 0. The number of nitrogens with two attached hydrogens (primary N) is 4. The van der Waals surface area contributed by atoms with Crippen molar-refractivity contribution in [3.8, 4) is 0 Å². The molecule has 0 spiro atoms. The quantitative estimate of drug-likeness (QED) is 0.485. The summed E-state index contributed by atoms with van der Waals surface area (Å²) in [5.74, 6) is 0. The van der Waals surface area contributed by atoms with Crippen molar-refractivity contribution in [2.45, 2.75) is 75.5 Å². The molecule has 0 bridgehead atoms. The Morgan fingerprint density at radius 1 is 0.471 bits per heavy atom. The van der Waals surface area contributed by atoms with Gasteiger partial charge in [0, 0.05) is 40.7 Å². The molecule has 0 aliphatic heterocycles. The molecule has 0 aromatic rings. The summed E-state index contributed by atoms with van der Waals surface area (Å²) >= 11 is 0. The van der Waals surface area contributed by atoms with Crippen molar-refractivity contribution < 1.29 is 16.5 Å². The Morgan fingerprint density at radius 3 is 0.765 bits per heavy atom. The molecule has 0 amide bonds. The monoisotopic (exact) mass is 286 g/mol. The van der Waals surface area contributed by atoms with E-state index in [1.165, 1.54) is 25.7 Å². The molecule has 106 valence electrons. The Balaban J connectivity index is 0.000000284. The molecule has 0 saturated heterocycles. The van der Waals surface area contributed by atoms with Gasteiger partial charge in [-0.05, 0) is 25.7 Å². The summed E-state index contributed by atoms with van der Waals surface area (Å²) in [4.78, 5) is 0. The molecule has 8 N–H and O–H groups in total. The van der Waals surface area contributed by atoms with Crippen LogP contribution < -0.4 is 22.9 Å². The fourth-order valence-corrected chi connectivity index (χ4v) is 2.38. The van der Waals surface area contributed by atoms with Crippen LogP contribution >= 0.6 is 0 Å². The second kappa shape index (κ2) is 9.29. The van der Waals surface area contributed by atoms with Crippen molar-refractivity contribution >= 4 is 0 Å². The van der Waals surface area contributed by atoms with Crippen LogP contribution in [0.2, 0.25) is 0 Å². The predicted molar refractivity (Wildman–Crippen MR) is 68.8 cm³/mol. The van der Waals surface area contributed by atoms with Crippen molar-refractivity contribution in [2.75, 3.05) is 0 Å². The normalized spacial score (nSPS) is 37.4. The van der Waals surface area contributed by atoms with Crippen molar-refractivity contribution in [3.05, 3.63) is 0 Å². The molecule has 17 heavy (non-hydrogen) atoms. The van der Waals surface area contributed by atoms with E-state index in [2.05, 4.69) is 0 Å². The predicted octanol–water partition coefficient (Wildman–Crippen LogP) is 0.428. The standard InChI is InChI=1S/2C6H14N2.Ni/c2*7-5-3-1-2-4-6(5)8;/h2*5-6H,1-4,7-8H2;/t2*5-,6+;. The summed E-state index contributed by atoms with van der Waals surface area (Å²) in [5, 5.41) is 0. The molecule has 4 nitrogen and oxygen atoms in total. The summed E-state index contributed by atoms with van der Waals surface area (Å²) in [5.41, 5.74) is 22.6. The molecule has 0 radical (unpaired) electrons. The summed E-state index contributed by atoms with van der Waals surface area (Å²) < 4.78 is 0.